The molecule has 1 aromatic heterocycles. The van der Waals surface area contributed by atoms with E-state index in [1.54, 1.807) is 55.5 Å². The quantitative estimate of drug-likeness (QED) is 0.319. The van der Waals surface area contributed by atoms with Crippen molar-refractivity contribution in [1.82, 2.24) is 9.78 Å². The first kappa shape index (κ1) is 27.1. The Labute approximate surface area is 224 Å². The summed E-state index contributed by atoms with van der Waals surface area (Å²) in [5.74, 6) is -1.78. The van der Waals surface area contributed by atoms with E-state index in [1.807, 2.05) is 6.07 Å². The van der Waals surface area contributed by atoms with E-state index in [2.05, 4.69) is 15.7 Å². The summed E-state index contributed by atoms with van der Waals surface area (Å²) in [4.78, 5) is 37.3. The Morgan fingerprint density at radius 2 is 1.82 bits per heavy atom. The van der Waals surface area contributed by atoms with Gasteiger partial charge in [0.2, 0.25) is 0 Å². The standard InChI is InChI=1S/C26H25ClN4O6S/c1-17-20(25(27)31(30-17)19-13-14-38(35,36)16-19)11-12-24(33)37-15-23(32)29-22-10-6-5-9-21(22)26(34)28-18-7-3-2-4-8-18/h2-12,19H,13-16H2,1H3,(H,28,34)(H,29,32). The molecule has 0 bridgehead atoms. The Morgan fingerprint density at radius 1 is 1.11 bits per heavy atom. The van der Waals surface area contributed by atoms with Crippen LogP contribution in [0, 0.1) is 6.92 Å². The second-order valence-corrected chi connectivity index (χ2v) is 11.2. The smallest absolute Gasteiger partial charge is 0.331 e. The fourth-order valence-corrected chi connectivity index (χ4v) is 6.03. The number of esters is 1. The highest BCUT2D eigenvalue weighted by molar-refractivity contribution is 7.91. The molecule has 1 unspecified atom stereocenters. The first-order chi connectivity index (χ1) is 18.1. The van der Waals surface area contributed by atoms with E-state index in [1.165, 1.54) is 10.8 Å². The molecule has 38 heavy (non-hydrogen) atoms. The molecule has 0 aliphatic carbocycles. The zero-order valence-corrected chi connectivity index (χ0v) is 22.0. The fraction of sp³-hybridized carbons (Fsp3) is 0.231. The minimum atomic E-state index is -3.12. The predicted octanol–water partition coefficient (Wildman–Crippen LogP) is 3.65. The molecule has 10 nitrogen and oxygen atoms in total. The summed E-state index contributed by atoms with van der Waals surface area (Å²) in [7, 11) is -3.12. The van der Waals surface area contributed by atoms with Gasteiger partial charge in [-0.3, -0.25) is 9.59 Å². The third-order valence-electron chi connectivity index (χ3n) is 5.83. The van der Waals surface area contributed by atoms with Gasteiger partial charge in [0.25, 0.3) is 11.8 Å². The Kier molecular flexibility index (Phi) is 8.28. The molecule has 12 heteroatoms. The van der Waals surface area contributed by atoms with Crippen LogP contribution in [0.3, 0.4) is 0 Å². The fourth-order valence-electron chi connectivity index (χ4n) is 3.96. The highest BCUT2D eigenvalue weighted by Crippen LogP contribution is 2.30. The van der Waals surface area contributed by atoms with Crippen LogP contribution >= 0.6 is 11.6 Å². The lowest BCUT2D eigenvalue weighted by Crippen LogP contribution is -2.22. The van der Waals surface area contributed by atoms with Gasteiger partial charge in [0.05, 0.1) is 34.5 Å². The Balaban J connectivity index is 1.33. The number of halogens is 1. The lowest BCUT2D eigenvalue weighted by atomic mass is 10.1. The van der Waals surface area contributed by atoms with Crippen LogP contribution in [0.4, 0.5) is 11.4 Å². The highest BCUT2D eigenvalue weighted by atomic mass is 35.5. The van der Waals surface area contributed by atoms with Crippen molar-refractivity contribution >= 4 is 56.7 Å². The van der Waals surface area contributed by atoms with Crippen molar-refractivity contribution in [3.63, 3.8) is 0 Å². The van der Waals surface area contributed by atoms with Crippen LogP contribution in [0.1, 0.15) is 34.1 Å². The van der Waals surface area contributed by atoms with Crippen molar-refractivity contribution in [1.29, 1.82) is 0 Å². The average Bonchev–Trinajstić information content (AvgIpc) is 3.39. The van der Waals surface area contributed by atoms with Crippen molar-refractivity contribution in [2.75, 3.05) is 28.7 Å². The van der Waals surface area contributed by atoms with Crippen LogP contribution in [0.15, 0.2) is 60.7 Å². The summed E-state index contributed by atoms with van der Waals surface area (Å²) >= 11 is 6.40. The summed E-state index contributed by atoms with van der Waals surface area (Å²) in [6, 6.07) is 15.0. The SMILES string of the molecule is Cc1nn(C2CCS(=O)(=O)C2)c(Cl)c1C=CC(=O)OCC(=O)Nc1ccccc1C(=O)Nc1ccccc1. The number of ether oxygens (including phenoxy) is 1. The number of rotatable bonds is 8. The topological polar surface area (TPSA) is 136 Å². The molecular weight excluding hydrogens is 532 g/mol. The number of aromatic nitrogens is 2. The minimum Gasteiger partial charge on any atom is -0.452 e. The van der Waals surface area contributed by atoms with Gasteiger partial charge < -0.3 is 15.4 Å². The molecule has 2 heterocycles. The highest BCUT2D eigenvalue weighted by Gasteiger charge is 2.31. The zero-order valence-electron chi connectivity index (χ0n) is 20.4. The molecule has 1 aliphatic heterocycles. The second kappa shape index (κ2) is 11.6. The largest absolute Gasteiger partial charge is 0.452 e. The van der Waals surface area contributed by atoms with Crippen molar-refractivity contribution in [2.24, 2.45) is 0 Å². The Morgan fingerprint density at radius 3 is 2.53 bits per heavy atom. The molecule has 3 aromatic rings. The van der Waals surface area contributed by atoms with Crippen molar-refractivity contribution in [3.05, 3.63) is 82.6 Å². The number of sulfone groups is 1. The predicted molar refractivity (Wildman–Crippen MR) is 144 cm³/mol. The van der Waals surface area contributed by atoms with Crippen LogP contribution < -0.4 is 10.6 Å². The van der Waals surface area contributed by atoms with Crippen molar-refractivity contribution in [2.45, 2.75) is 19.4 Å². The summed E-state index contributed by atoms with van der Waals surface area (Å²) in [6.07, 6.45) is 2.94. The summed E-state index contributed by atoms with van der Waals surface area (Å²) in [5, 5.41) is 9.88. The van der Waals surface area contributed by atoms with Crippen LogP contribution in [-0.4, -0.2) is 54.1 Å². The van der Waals surface area contributed by atoms with E-state index in [0.29, 0.717) is 23.4 Å². The number of hydrogen-bond acceptors (Lipinski definition) is 7. The van der Waals surface area contributed by atoms with E-state index < -0.39 is 34.2 Å². The molecule has 198 valence electrons. The molecule has 2 aromatic carbocycles. The number of nitrogens with one attached hydrogen (secondary N) is 2. The van der Waals surface area contributed by atoms with Gasteiger partial charge in [0.15, 0.2) is 16.4 Å². The van der Waals surface area contributed by atoms with Crippen LogP contribution in [0.5, 0.6) is 0 Å². The van der Waals surface area contributed by atoms with E-state index >= 15 is 0 Å². The normalized spacial score (nSPS) is 16.3. The number of anilines is 2. The third kappa shape index (κ3) is 6.67. The maximum atomic E-state index is 12.7. The maximum absolute atomic E-state index is 12.7. The lowest BCUT2D eigenvalue weighted by molar-refractivity contribution is -0.142. The molecule has 0 spiro atoms. The van der Waals surface area contributed by atoms with Crippen molar-refractivity contribution < 1.29 is 27.5 Å². The van der Waals surface area contributed by atoms with E-state index in [9.17, 15) is 22.8 Å². The monoisotopic (exact) mass is 556 g/mol. The number of benzene rings is 2. The van der Waals surface area contributed by atoms with Gasteiger partial charge in [0.1, 0.15) is 5.15 Å². The number of nitrogens with zero attached hydrogens (tertiary/aromatic N) is 2. The molecular formula is C26H25ClN4O6S. The first-order valence-electron chi connectivity index (χ1n) is 11.7. The number of carbonyl (C=O) groups is 3. The van der Waals surface area contributed by atoms with Gasteiger partial charge in [-0.1, -0.05) is 41.9 Å². The zero-order chi connectivity index (χ0) is 27.3. The number of carbonyl (C=O) groups excluding carboxylic acids is 3. The maximum Gasteiger partial charge on any atom is 0.331 e. The molecule has 1 fully saturated rings. The number of aryl methyl sites for hydroxylation is 1. The molecule has 1 aliphatic rings. The van der Waals surface area contributed by atoms with Crippen LogP contribution in [0.2, 0.25) is 5.15 Å². The summed E-state index contributed by atoms with van der Waals surface area (Å²) in [5.41, 5.74) is 2.09. The van der Waals surface area contributed by atoms with Crippen LogP contribution in [0.25, 0.3) is 6.08 Å². The molecule has 2 N–H and O–H groups in total. The number of hydrogen-bond donors (Lipinski definition) is 2. The number of amides is 2. The van der Waals surface area contributed by atoms with E-state index in [-0.39, 0.29) is 34.0 Å². The molecule has 0 radical (unpaired) electrons. The molecule has 0 saturated carbocycles. The third-order valence-corrected chi connectivity index (χ3v) is 7.96. The lowest BCUT2D eigenvalue weighted by Gasteiger charge is -2.11. The molecule has 1 atom stereocenters. The van der Waals surface area contributed by atoms with E-state index in [0.717, 1.165) is 6.08 Å². The van der Waals surface area contributed by atoms with E-state index in [4.69, 9.17) is 16.3 Å². The van der Waals surface area contributed by atoms with Crippen molar-refractivity contribution in [3.8, 4) is 0 Å². The van der Waals surface area contributed by atoms with Gasteiger partial charge in [-0.25, -0.2) is 17.9 Å². The van der Waals surface area contributed by atoms with Crippen LogP contribution in [-0.2, 0) is 24.2 Å². The first-order valence-corrected chi connectivity index (χ1v) is 13.9. The van der Waals surface area contributed by atoms with Gasteiger partial charge in [-0.2, -0.15) is 5.10 Å². The van der Waals surface area contributed by atoms with Gasteiger partial charge in [-0.05, 0) is 43.7 Å². The molecule has 4 rings (SSSR count). The Bertz CT molecular complexity index is 1500. The Hall–Kier alpha value is -3.96. The second-order valence-electron chi connectivity index (χ2n) is 8.65. The summed E-state index contributed by atoms with van der Waals surface area (Å²) in [6.45, 7) is 1.11. The minimum absolute atomic E-state index is 0.0365. The molecule has 1 saturated heterocycles. The van der Waals surface area contributed by atoms with Gasteiger partial charge in [-0.15, -0.1) is 0 Å². The molecule has 2 amide bonds. The van der Waals surface area contributed by atoms with Gasteiger partial charge >= 0.3 is 5.97 Å². The van der Waals surface area contributed by atoms with Gasteiger partial charge in [0, 0.05) is 17.3 Å². The average molecular weight is 557 g/mol. The summed E-state index contributed by atoms with van der Waals surface area (Å²) < 4.78 is 30.1. The number of para-hydroxylation sites is 2.